The maximum Gasteiger partial charge on any atom is 0.326 e. The van der Waals surface area contributed by atoms with Gasteiger partial charge >= 0.3 is 5.69 Å². The second kappa shape index (κ2) is 8.86. The van der Waals surface area contributed by atoms with Crippen molar-refractivity contribution in [2.45, 2.75) is 75.9 Å². The van der Waals surface area contributed by atoms with Gasteiger partial charge in [0.25, 0.3) is 0 Å². The average molecular weight is 479 g/mol. The van der Waals surface area contributed by atoms with Gasteiger partial charge in [-0.05, 0) is 63.4 Å². The summed E-state index contributed by atoms with van der Waals surface area (Å²) >= 11 is 0. The number of nitrogens with one attached hydrogen (secondary N) is 4. The van der Waals surface area contributed by atoms with Crippen LogP contribution < -0.4 is 27.0 Å². The maximum atomic E-state index is 12.2. The van der Waals surface area contributed by atoms with Crippen LogP contribution in [0.25, 0.3) is 11.7 Å². The van der Waals surface area contributed by atoms with Crippen LogP contribution in [0, 0.1) is 5.92 Å². The molecule has 3 aliphatic carbocycles. The van der Waals surface area contributed by atoms with E-state index in [2.05, 4.69) is 25.7 Å². The Balaban J connectivity index is 1.22. The number of fused-ring (bicyclic) bond motifs is 1. The number of rotatable bonds is 7. The molecule has 3 aromatic heterocycles. The summed E-state index contributed by atoms with van der Waals surface area (Å²) in [5, 5.41) is 21.9. The van der Waals surface area contributed by atoms with Crippen molar-refractivity contribution in [2.24, 2.45) is 10.9 Å². The summed E-state index contributed by atoms with van der Waals surface area (Å²) in [5.74, 6) is 1.30. The van der Waals surface area contributed by atoms with Crippen molar-refractivity contribution >= 4 is 23.4 Å². The molecule has 0 saturated heterocycles. The monoisotopic (exact) mass is 478 g/mol. The van der Waals surface area contributed by atoms with Gasteiger partial charge in [0.1, 0.15) is 11.5 Å². The van der Waals surface area contributed by atoms with E-state index < -0.39 is 5.69 Å². The number of imidazole rings is 1. The van der Waals surface area contributed by atoms with Gasteiger partial charge < -0.3 is 20.7 Å². The van der Waals surface area contributed by atoms with Crippen LogP contribution in [0.15, 0.2) is 22.1 Å². The number of amides is 1. The second-order valence-electron chi connectivity index (χ2n) is 10.1. The highest BCUT2D eigenvalue weighted by Crippen LogP contribution is 2.32. The zero-order valence-electron chi connectivity index (χ0n) is 19.5. The summed E-state index contributed by atoms with van der Waals surface area (Å²) in [4.78, 5) is 38.2. The molecule has 0 aromatic carbocycles. The van der Waals surface area contributed by atoms with Crippen molar-refractivity contribution in [3.63, 3.8) is 0 Å². The first-order valence-corrected chi connectivity index (χ1v) is 12.5. The van der Waals surface area contributed by atoms with Gasteiger partial charge in [0.05, 0.1) is 12.2 Å². The standard InChI is InChI=1S/C24H30N8O3/c33-21(9-13-1-2-13)28-17-7-3-15(4-8-17)26-19-11-20(27-16-5-6-16)32-22(30-19)14(12-25-32)10-18-23(34)31-24(35)29-18/h10-13,15-17,26,34H,1-9H2,(H,28,33)(H2,29,31,35)/b14-10-,27-20?. The van der Waals surface area contributed by atoms with Crippen molar-refractivity contribution < 1.29 is 9.90 Å². The smallest absolute Gasteiger partial charge is 0.326 e. The molecular weight excluding hydrogens is 448 g/mol. The van der Waals surface area contributed by atoms with E-state index in [1.165, 1.54) is 12.8 Å². The van der Waals surface area contributed by atoms with Crippen molar-refractivity contribution in [3.8, 4) is 5.88 Å². The molecule has 11 heteroatoms. The van der Waals surface area contributed by atoms with Crippen molar-refractivity contribution in [2.75, 3.05) is 5.32 Å². The van der Waals surface area contributed by atoms with E-state index in [0.29, 0.717) is 29.2 Å². The average Bonchev–Trinajstić information content (AvgIpc) is 3.74. The van der Waals surface area contributed by atoms with Crippen molar-refractivity contribution in [1.29, 1.82) is 0 Å². The number of aromatic nitrogens is 5. The first-order valence-electron chi connectivity index (χ1n) is 12.5. The van der Waals surface area contributed by atoms with E-state index in [4.69, 9.17) is 9.98 Å². The summed E-state index contributed by atoms with van der Waals surface area (Å²) in [5.41, 5.74) is 1.11. The lowest BCUT2D eigenvalue weighted by atomic mass is 9.91. The van der Waals surface area contributed by atoms with E-state index in [1.807, 2.05) is 6.07 Å². The molecule has 3 aliphatic rings. The third-order valence-corrected chi connectivity index (χ3v) is 6.99. The first kappa shape index (κ1) is 21.9. The predicted octanol–water partition coefficient (Wildman–Crippen LogP) is 0.702. The van der Waals surface area contributed by atoms with Gasteiger partial charge in [0.15, 0.2) is 11.1 Å². The van der Waals surface area contributed by atoms with E-state index in [1.54, 1.807) is 16.8 Å². The summed E-state index contributed by atoms with van der Waals surface area (Å²) < 4.78 is 1.70. The molecule has 3 heterocycles. The number of aromatic hydroxyl groups is 1. The lowest BCUT2D eigenvalue weighted by Crippen LogP contribution is -2.40. The first-order chi connectivity index (χ1) is 17.0. The Morgan fingerprint density at radius 1 is 1.14 bits per heavy atom. The van der Waals surface area contributed by atoms with Crippen LogP contribution in [0.2, 0.25) is 0 Å². The number of hydrogen-bond acceptors (Lipinski definition) is 7. The highest BCUT2D eigenvalue weighted by molar-refractivity contribution is 5.76. The number of hydrogen-bond donors (Lipinski definition) is 5. The Kier molecular flexibility index (Phi) is 5.54. The maximum absolute atomic E-state index is 12.2. The minimum atomic E-state index is -0.482. The third kappa shape index (κ3) is 5.08. The Morgan fingerprint density at radius 2 is 1.91 bits per heavy atom. The normalized spacial score (nSPS) is 23.7. The highest BCUT2D eigenvalue weighted by atomic mass is 16.3. The van der Waals surface area contributed by atoms with E-state index in [-0.39, 0.29) is 29.6 Å². The number of carbonyl (C=O) groups excluding carboxylic acids is 1. The Morgan fingerprint density at radius 3 is 2.60 bits per heavy atom. The Labute approximate surface area is 200 Å². The van der Waals surface area contributed by atoms with Gasteiger partial charge in [0.2, 0.25) is 11.8 Å². The molecule has 6 rings (SSSR count). The van der Waals surface area contributed by atoms with Gasteiger partial charge in [-0.15, -0.1) is 0 Å². The lowest BCUT2D eigenvalue weighted by Gasteiger charge is -2.30. The summed E-state index contributed by atoms with van der Waals surface area (Å²) in [6.45, 7) is 0. The largest absolute Gasteiger partial charge is 0.493 e. The molecule has 0 radical (unpaired) electrons. The molecule has 184 valence electrons. The highest BCUT2D eigenvalue weighted by Gasteiger charge is 2.27. The second-order valence-corrected chi connectivity index (χ2v) is 10.1. The molecule has 5 N–H and O–H groups in total. The van der Waals surface area contributed by atoms with Crippen molar-refractivity contribution in [3.05, 3.63) is 39.1 Å². The molecule has 0 bridgehead atoms. The SMILES string of the molecule is O=C(CC1CC1)NC1CCC(Nc2cc(=NC3CC3)n3nc/c(=C/c4[nH]c(=O)[nH]c4O)c3n2)CC1. The molecule has 1 amide bonds. The summed E-state index contributed by atoms with van der Waals surface area (Å²) in [6.07, 6.45) is 12.3. The Hall–Kier alpha value is -3.63. The number of carbonyl (C=O) groups is 1. The van der Waals surface area contributed by atoms with Crippen LogP contribution in [0.5, 0.6) is 5.88 Å². The molecule has 11 nitrogen and oxygen atoms in total. The molecule has 0 unspecified atom stereocenters. The van der Waals surface area contributed by atoms with Gasteiger partial charge in [-0.2, -0.15) is 9.61 Å². The summed E-state index contributed by atoms with van der Waals surface area (Å²) in [6, 6.07) is 2.75. The zero-order valence-corrected chi connectivity index (χ0v) is 19.5. The minimum absolute atomic E-state index is 0.196. The fourth-order valence-corrected chi connectivity index (χ4v) is 4.73. The molecule has 0 aliphatic heterocycles. The minimum Gasteiger partial charge on any atom is -0.493 e. The molecule has 0 atom stereocenters. The fraction of sp³-hybridized carbons (Fsp3) is 0.542. The van der Waals surface area contributed by atoms with E-state index in [9.17, 15) is 14.7 Å². The van der Waals surface area contributed by atoms with Crippen LogP contribution >= 0.6 is 0 Å². The quantitative estimate of drug-likeness (QED) is 0.337. The van der Waals surface area contributed by atoms with Crippen LogP contribution in [0.3, 0.4) is 0 Å². The molecule has 0 spiro atoms. The number of H-pyrrole nitrogens is 2. The lowest BCUT2D eigenvalue weighted by molar-refractivity contribution is -0.122. The molecular formula is C24H30N8O3. The molecule has 35 heavy (non-hydrogen) atoms. The summed E-state index contributed by atoms with van der Waals surface area (Å²) in [7, 11) is 0. The number of nitrogens with zero attached hydrogens (tertiary/aromatic N) is 4. The van der Waals surface area contributed by atoms with Gasteiger partial charge in [0, 0.05) is 29.8 Å². The molecule has 3 fully saturated rings. The van der Waals surface area contributed by atoms with E-state index >= 15 is 0 Å². The predicted molar refractivity (Wildman–Crippen MR) is 129 cm³/mol. The zero-order chi connectivity index (χ0) is 23.9. The van der Waals surface area contributed by atoms with Gasteiger partial charge in [-0.3, -0.25) is 14.8 Å². The van der Waals surface area contributed by atoms with Crippen LogP contribution in [0.1, 0.15) is 63.5 Å². The van der Waals surface area contributed by atoms with Crippen LogP contribution in [-0.2, 0) is 4.79 Å². The number of aromatic amines is 2. The van der Waals surface area contributed by atoms with Crippen LogP contribution in [0.4, 0.5) is 5.82 Å². The third-order valence-electron chi connectivity index (χ3n) is 6.99. The van der Waals surface area contributed by atoms with E-state index in [0.717, 1.165) is 49.8 Å². The fourth-order valence-electron chi connectivity index (χ4n) is 4.73. The molecule has 3 aromatic rings. The topological polar surface area (TPSA) is 153 Å². The van der Waals surface area contributed by atoms with Gasteiger partial charge in [-0.1, -0.05) is 0 Å². The Bertz CT molecular complexity index is 1420. The van der Waals surface area contributed by atoms with Crippen molar-refractivity contribution in [1.82, 2.24) is 29.9 Å². The van der Waals surface area contributed by atoms with Crippen LogP contribution in [-0.4, -0.2) is 53.7 Å². The van der Waals surface area contributed by atoms with Gasteiger partial charge in [-0.25, -0.2) is 9.78 Å². The number of anilines is 1. The molecule has 3 saturated carbocycles.